The summed E-state index contributed by atoms with van der Waals surface area (Å²) in [5.74, 6) is -1.82. The van der Waals surface area contributed by atoms with Crippen LogP contribution in [0.3, 0.4) is 0 Å². The highest BCUT2D eigenvalue weighted by Gasteiger charge is 2.39. The Balaban J connectivity index is 1.56. The number of esters is 1. The van der Waals surface area contributed by atoms with Gasteiger partial charge in [-0.05, 0) is 75.6 Å². The van der Waals surface area contributed by atoms with Crippen LogP contribution >= 0.6 is 11.3 Å². The van der Waals surface area contributed by atoms with Gasteiger partial charge >= 0.3 is 5.97 Å². The summed E-state index contributed by atoms with van der Waals surface area (Å²) in [7, 11) is 0. The lowest BCUT2D eigenvalue weighted by Crippen LogP contribution is -2.35. The molecule has 1 aromatic heterocycles. The molecule has 0 saturated carbocycles. The molecule has 0 spiro atoms. The molecule has 36 heavy (non-hydrogen) atoms. The monoisotopic (exact) mass is 508 g/mol. The summed E-state index contributed by atoms with van der Waals surface area (Å²) in [6, 6.07) is 5.96. The van der Waals surface area contributed by atoms with Crippen LogP contribution in [-0.4, -0.2) is 24.3 Å². The number of hydrogen-bond donors (Lipinski definition) is 2. The van der Waals surface area contributed by atoms with Crippen LogP contribution in [-0.2, 0) is 27.2 Å². The number of Topliss-reactive ketones (excluding diaryl/α,β-unsaturated/α-hetero) is 1. The van der Waals surface area contributed by atoms with Gasteiger partial charge in [0.25, 0.3) is 5.91 Å². The zero-order chi connectivity index (χ0) is 25.4. The number of nitrogens with one attached hydrogen (secondary N) is 2. The minimum Gasteiger partial charge on any atom is -0.462 e. The Morgan fingerprint density at radius 1 is 1.11 bits per heavy atom. The Morgan fingerprint density at radius 3 is 2.61 bits per heavy atom. The standard InChI is InChI=1S/C28H29FN2O4S/c1-3-35-28(34)24-18-7-4-5-10-21(18)36-27(24)31-26(33)22-15(2)30-19-8-6-9-20(32)25(19)23(22)16-11-13-17(29)14-12-16/h11-14,23,30H,3-10H2,1-2H3,(H,31,33)/t23-/m0/s1. The molecule has 2 heterocycles. The molecule has 0 unspecified atom stereocenters. The highest BCUT2D eigenvalue weighted by atomic mass is 32.1. The predicted molar refractivity (Wildman–Crippen MR) is 136 cm³/mol. The van der Waals surface area contributed by atoms with Crippen molar-refractivity contribution < 1.29 is 23.5 Å². The number of benzene rings is 1. The maximum atomic E-state index is 13.9. The van der Waals surface area contributed by atoms with Gasteiger partial charge in [0.1, 0.15) is 10.8 Å². The number of ketones is 1. The maximum Gasteiger partial charge on any atom is 0.341 e. The van der Waals surface area contributed by atoms with E-state index in [1.807, 2.05) is 6.92 Å². The molecule has 0 bridgehead atoms. The fourth-order valence-electron chi connectivity index (χ4n) is 5.52. The highest BCUT2D eigenvalue weighted by molar-refractivity contribution is 7.17. The summed E-state index contributed by atoms with van der Waals surface area (Å²) in [5, 5.41) is 6.78. The number of ether oxygens (including phenoxy) is 1. The van der Waals surface area contributed by atoms with Crippen molar-refractivity contribution in [3.8, 4) is 0 Å². The SMILES string of the molecule is CCOC(=O)c1c(NC(=O)C2=C(C)NC3=C(C(=O)CCC3)[C@H]2c2ccc(F)cc2)sc2c1CCCC2. The minimum atomic E-state index is -0.615. The number of aryl methyl sites for hydroxylation is 1. The van der Waals surface area contributed by atoms with Crippen LogP contribution in [0.2, 0.25) is 0 Å². The smallest absolute Gasteiger partial charge is 0.341 e. The van der Waals surface area contributed by atoms with Crippen molar-refractivity contribution in [2.45, 2.75) is 64.7 Å². The summed E-state index contributed by atoms with van der Waals surface area (Å²) in [4.78, 5) is 41.0. The van der Waals surface area contributed by atoms with Crippen LogP contribution in [0, 0.1) is 5.82 Å². The van der Waals surface area contributed by atoms with E-state index in [4.69, 9.17) is 4.74 Å². The van der Waals surface area contributed by atoms with E-state index in [9.17, 15) is 18.8 Å². The summed E-state index contributed by atoms with van der Waals surface area (Å²) < 4.78 is 19.1. The molecule has 8 heteroatoms. The largest absolute Gasteiger partial charge is 0.462 e. The third-order valence-electron chi connectivity index (χ3n) is 7.10. The van der Waals surface area contributed by atoms with Crippen molar-refractivity contribution in [3.63, 3.8) is 0 Å². The third kappa shape index (κ3) is 4.39. The van der Waals surface area contributed by atoms with E-state index in [0.717, 1.165) is 54.7 Å². The van der Waals surface area contributed by atoms with Crippen molar-refractivity contribution in [1.29, 1.82) is 0 Å². The van der Waals surface area contributed by atoms with Crippen LogP contribution < -0.4 is 10.6 Å². The molecule has 3 aliphatic rings. The summed E-state index contributed by atoms with van der Waals surface area (Å²) in [6.07, 6.45) is 5.56. The summed E-state index contributed by atoms with van der Waals surface area (Å²) in [5.41, 5.74) is 4.54. The number of amides is 1. The van der Waals surface area contributed by atoms with E-state index in [1.54, 1.807) is 19.1 Å². The van der Waals surface area contributed by atoms with E-state index in [-0.39, 0.29) is 24.1 Å². The molecule has 1 aromatic carbocycles. The molecule has 0 saturated heterocycles. The van der Waals surface area contributed by atoms with Gasteiger partial charge in [0.2, 0.25) is 0 Å². The van der Waals surface area contributed by atoms with Crippen LogP contribution in [0.1, 0.15) is 78.2 Å². The van der Waals surface area contributed by atoms with Crippen molar-refractivity contribution in [2.75, 3.05) is 11.9 Å². The van der Waals surface area contributed by atoms with Gasteiger partial charge < -0.3 is 15.4 Å². The van der Waals surface area contributed by atoms with E-state index < -0.39 is 11.9 Å². The van der Waals surface area contributed by atoms with Gasteiger partial charge in [0, 0.05) is 39.8 Å². The van der Waals surface area contributed by atoms with Gasteiger partial charge in [0.15, 0.2) is 5.78 Å². The molecule has 2 aromatic rings. The van der Waals surface area contributed by atoms with Gasteiger partial charge in [0.05, 0.1) is 12.2 Å². The zero-order valence-corrected chi connectivity index (χ0v) is 21.3. The number of hydrogen-bond acceptors (Lipinski definition) is 6. The van der Waals surface area contributed by atoms with Crippen LogP contribution in [0.5, 0.6) is 0 Å². The van der Waals surface area contributed by atoms with Crippen LogP contribution in [0.15, 0.2) is 46.8 Å². The highest BCUT2D eigenvalue weighted by Crippen LogP contribution is 2.44. The second-order valence-electron chi connectivity index (χ2n) is 9.41. The van der Waals surface area contributed by atoms with Crippen molar-refractivity contribution in [3.05, 3.63) is 74.2 Å². The Kier molecular flexibility index (Phi) is 6.79. The summed E-state index contributed by atoms with van der Waals surface area (Å²) in [6.45, 7) is 3.83. The predicted octanol–water partition coefficient (Wildman–Crippen LogP) is 5.55. The lowest BCUT2D eigenvalue weighted by Gasteiger charge is -2.34. The number of carbonyl (C=O) groups is 3. The number of halogens is 1. The van der Waals surface area contributed by atoms with Crippen LogP contribution in [0.25, 0.3) is 0 Å². The topological polar surface area (TPSA) is 84.5 Å². The first-order chi connectivity index (χ1) is 17.4. The molecular formula is C28H29FN2O4S. The molecule has 0 radical (unpaired) electrons. The van der Waals surface area contributed by atoms with Gasteiger partial charge in [-0.25, -0.2) is 9.18 Å². The maximum absolute atomic E-state index is 13.9. The zero-order valence-electron chi connectivity index (χ0n) is 20.5. The normalized spacial score (nSPS) is 19.4. The molecule has 1 aliphatic heterocycles. The van der Waals surface area contributed by atoms with Crippen LogP contribution in [0.4, 0.5) is 9.39 Å². The van der Waals surface area contributed by atoms with Crippen molar-refractivity contribution in [2.24, 2.45) is 0 Å². The third-order valence-corrected chi connectivity index (χ3v) is 8.31. The number of dihydropyridines is 1. The lowest BCUT2D eigenvalue weighted by atomic mass is 9.75. The molecule has 1 atom stereocenters. The number of allylic oxidation sites excluding steroid dienone is 3. The molecule has 2 aliphatic carbocycles. The molecular weight excluding hydrogens is 479 g/mol. The van der Waals surface area contributed by atoms with Gasteiger partial charge in [-0.2, -0.15) is 0 Å². The Labute approximate surface area is 213 Å². The fraction of sp³-hybridized carbons (Fsp3) is 0.393. The first kappa shape index (κ1) is 24.4. The number of anilines is 1. The molecule has 0 fully saturated rings. The number of rotatable bonds is 5. The van der Waals surface area contributed by atoms with E-state index in [0.29, 0.717) is 39.4 Å². The van der Waals surface area contributed by atoms with Crippen molar-refractivity contribution >= 4 is 34.0 Å². The first-order valence-electron chi connectivity index (χ1n) is 12.5. The Morgan fingerprint density at radius 2 is 1.86 bits per heavy atom. The molecule has 5 rings (SSSR count). The number of thiophene rings is 1. The number of carbonyl (C=O) groups excluding carboxylic acids is 3. The molecule has 2 N–H and O–H groups in total. The Hall–Kier alpha value is -3.26. The quantitative estimate of drug-likeness (QED) is 0.518. The number of fused-ring (bicyclic) bond motifs is 1. The first-order valence-corrected chi connectivity index (χ1v) is 13.3. The average Bonchev–Trinajstić information content (AvgIpc) is 3.21. The minimum absolute atomic E-state index is 0.00493. The Bertz CT molecular complexity index is 1310. The second kappa shape index (κ2) is 10.0. The summed E-state index contributed by atoms with van der Waals surface area (Å²) >= 11 is 1.43. The van der Waals surface area contributed by atoms with E-state index in [1.165, 1.54) is 23.5 Å². The average molecular weight is 509 g/mol. The fourth-order valence-corrected chi connectivity index (χ4v) is 6.79. The van der Waals surface area contributed by atoms with E-state index in [2.05, 4.69) is 10.6 Å². The molecule has 188 valence electrons. The molecule has 1 amide bonds. The lowest BCUT2D eigenvalue weighted by molar-refractivity contribution is -0.116. The van der Waals surface area contributed by atoms with Crippen molar-refractivity contribution in [1.82, 2.24) is 5.32 Å². The molecule has 6 nitrogen and oxygen atoms in total. The van der Waals surface area contributed by atoms with Gasteiger partial charge in [-0.1, -0.05) is 12.1 Å². The van der Waals surface area contributed by atoms with Gasteiger partial charge in [-0.3, -0.25) is 9.59 Å². The second-order valence-corrected chi connectivity index (χ2v) is 10.5. The van der Waals surface area contributed by atoms with E-state index >= 15 is 0 Å². The van der Waals surface area contributed by atoms with Gasteiger partial charge in [-0.15, -0.1) is 11.3 Å².